The van der Waals surface area contributed by atoms with Gasteiger partial charge in [-0.1, -0.05) is 0 Å². The molecule has 0 unspecified atom stereocenters. The number of aryl methyl sites for hydroxylation is 2. The second kappa shape index (κ2) is 5.32. The first-order valence-corrected chi connectivity index (χ1v) is 6.44. The van der Waals surface area contributed by atoms with E-state index >= 15 is 0 Å². The lowest BCUT2D eigenvalue weighted by molar-refractivity contribution is -0.652. The van der Waals surface area contributed by atoms with Gasteiger partial charge in [-0.25, -0.2) is 9.13 Å². The van der Waals surface area contributed by atoms with E-state index in [-0.39, 0.29) is 12.5 Å². The zero-order valence-electron chi connectivity index (χ0n) is 11.8. The number of benzene rings is 1. The molecule has 6 nitrogen and oxygen atoms in total. The van der Waals surface area contributed by atoms with Crippen molar-refractivity contribution in [3.8, 4) is 0 Å². The molecule has 0 fully saturated rings. The number of carboxylic acid groups (broad SMARTS) is 1. The minimum atomic E-state index is -1.06. The van der Waals surface area contributed by atoms with Gasteiger partial charge in [-0.3, -0.25) is 9.59 Å². The minimum Gasteiger partial charge on any atom is -0.480 e. The lowest BCUT2D eigenvalue weighted by Crippen LogP contribution is -2.31. The Bertz CT molecular complexity index is 689. The Labute approximate surface area is 116 Å². The van der Waals surface area contributed by atoms with Gasteiger partial charge < -0.3 is 10.4 Å². The number of hydrogen-bond donors (Lipinski definition) is 2. The van der Waals surface area contributed by atoms with Crippen LogP contribution in [0.5, 0.6) is 0 Å². The summed E-state index contributed by atoms with van der Waals surface area (Å²) in [6.07, 6.45) is 0. The lowest BCUT2D eigenvalue weighted by atomic mass is 10.2. The standard InChI is InChI=1S/C14H17N3O3/c1-4-17-9(2)16(3)11-6-5-10(7-12(11)17)14(20)15-8-13(18)19/h5-7H,4,8H2,1-3H3,(H-,15,18,19,20)/p+1. The van der Waals surface area contributed by atoms with Gasteiger partial charge in [-0.15, -0.1) is 0 Å². The average Bonchev–Trinajstić information content (AvgIpc) is 2.67. The molecular formula is C14H18N3O3+. The van der Waals surface area contributed by atoms with E-state index in [4.69, 9.17) is 5.11 Å². The van der Waals surface area contributed by atoms with E-state index < -0.39 is 5.97 Å². The van der Waals surface area contributed by atoms with Crippen molar-refractivity contribution in [1.82, 2.24) is 9.88 Å². The Balaban J connectivity index is 2.43. The fourth-order valence-corrected chi connectivity index (χ4v) is 2.35. The summed E-state index contributed by atoms with van der Waals surface area (Å²) < 4.78 is 4.18. The number of carbonyl (C=O) groups is 2. The predicted molar refractivity (Wildman–Crippen MR) is 73.5 cm³/mol. The largest absolute Gasteiger partial charge is 0.480 e. The van der Waals surface area contributed by atoms with Gasteiger partial charge in [0.05, 0.1) is 13.6 Å². The van der Waals surface area contributed by atoms with E-state index in [0.29, 0.717) is 5.56 Å². The number of amides is 1. The monoisotopic (exact) mass is 276 g/mol. The van der Waals surface area contributed by atoms with Crippen LogP contribution >= 0.6 is 0 Å². The quantitative estimate of drug-likeness (QED) is 0.803. The van der Waals surface area contributed by atoms with Crippen molar-refractivity contribution in [1.29, 1.82) is 0 Å². The molecule has 20 heavy (non-hydrogen) atoms. The highest BCUT2D eigenvalue weighted by atomic mass is 16.4. The number of nitrogens with one attached hydrogen (secondary N) is 1. The van der Waals surface area contributed by atoms with Gasteiger partial charge in [0.15, 0.2) is 11.0 Å². The van der Waals surface area contributed by atoms with E-state index in [9.17, 15) is 9.59 Å². The maximum absolute atomic E-state index is 11.9. The highest BCUT2D eigenvalue weighted by Crippen LogP contribution is 2.16. The van der Waals surface area contributed by atoms with Crippen LogP contribution in [-0.2, 0) is 18.4 Å². The maximum Gasteiger partial charge on any atom is 0.322 e. The van der Waals surface area contributed by atoms with Crippen LogP contribution in [-0.4, -0.2) is 28.1 Å². The summed E-state index contributed by atoms with van der Waals surface area (Å²) in [7, 11) is 1.98. The average molecular weight is 276 g/mol. The highest BCUT2D eigenvalue weighted by molar-refractivity contribution is 5.98. The van der Waals surface area contributed by atoms with E-state index in [1.807, 2.05) is 27.0 Å². The van der Waals surface area contributed by atoms with Crippen molar-refractivity contribution in [2.45, 2.75) is 20.4 Å². The number of imidazole rings is 1. The number of hydrogen-bond acceptors (Lipinski definition) is 2. The van der Waals surface area contributed by atoms with Crippen molar-refractivity contribution in [2.24, 2.45) is 7.05 Å². The third-order valence-electron chi connectivity index (χ3n) is 3.48. The molecule has 0 atom stereocenters. The molecule has 1 aromatic carbocycles. The maximum atomic E-state index is 11.9. The van der Waals surface area contributed by atoms with Crippen molar-refractivity contribution < 1.29 is 19.3 Å². The van der Waals surface area contributed by atoms with Crippen LogP contribution < -0.4 is 9.88 Å². The van der Waals surface area contributed by atoms with Gasteiger partial charge in [0.1, 0.15) is 6.54 Å². The summed E-state index contributed by atoms with van der Waals surface area (Å²) in [5.41, 5.74) is 2.47. The van der Waals surface area contributed by atoms with Gasteiger partial charge >= 0.3 is 5.97 Å². The number of carbonyl (C=O) groups excluding carboxylic acids is 1. The van der Waals surface area contributed by atoms with Gasteiger partial charge in [0.2, 0.25) is 0 Å². The SMILES string of the molecule is CCn1c(C)[n+](C)c2ccc(C(=O)NCC(=O)O)cc21. The molecule has 0 bridgehead atoms. The van der Waals surface area contributed by atoms with Crippen molar-refractivity contribution in [3.63, 3.8) is 0 Å². The molecule has 106 valence electrons. The number of carboxylic acids is 1. The van der Waals surface area contributed by atoms with Gasteiger partial charge in [-0.05, 0) is 19.1 Å². The molecule has 0 aliphatic rings. The third kappa shape index (κ3) is 2.36. The third-order valence-corrected chi connectivity index (χ3v) is 3.48. The normalized spacial score (nSPS) is 10.8. The molecule has 6 heteroatoms. The van der Waals surface area contributed by atoms with Gasteiger partial charge in [-0.2, -0.15) is 0 Å². The van der Waals surface area contributed by atoms with Crippen molar-refractivity contribution in [2.75, 3.05) is 6.54 Å². The van der Waals surface area contributed by atoms with E-state index in [0.717, 1.165) is 23.4 Å². The topological polar surface area (TPSA) is 75.2 Å². The van der Waals surface area contributed by atoms with Crippen molar-refractivity contribution >= 4 is 22.9 Å². The molecule has 0 aliphatic heterocycles. The molecule has 2 N–H and O–H groups in total. The smallest absolute Gasteiger partial charge is 0.322 e. The zero-order chi connectivity index (χ0) is 14.9. The first-order valence-electron chi connectivity index (χ1n) is 6.44. The second-order valence-corrected chi connectivity index (χ2v) is 4.63. The summed E-state index contributed by atoms with van der Waals surface area (Å²) in [4.78, 5) is 22.4. The number of fused-ring (bicyclic) bond motifs is 1. The molecule has 1 heterocycles. The number of aliphatic carboxylic acids is 1. The Morgan fingerprint density at radius 2 is 2.10 bits per heavy atom. The van der Waals surface area contributed by atoms with Crippen LogP contribution in [0.2, 0.25) is 0 Å². The predicted octanol–water partition coefficient (Wildman–Crippen LogP) is 0.609. The lowest BCUT2D eigenvalue weighted by Gasteiger charge is -2.02. The van der Waals surface area contributed by atoms with E-state index in [2.05, 4.69) is 14.5 Å². The fraction of sp³-hybridized carbons (Fsp3) is 0.357. The van der Waals surface area contributed by atoms with E-state index in [1.54, 1.807) is 12.1 Å². The number of aromatic nitrogens is 2. The van der Waals surface area contributed by atoms with Crippen LogP contribution in [0.4, 0.5) is 0 Å². The number of nitrogens with zero attached hydrogens (tertiary/aromatic N) is 2. The molecule has 0 aliphatic carbocycles. The second-order valence-electron chi connectivity index (χ2n) is 4.63. The first kappa shape index (κ1) is 14.0. The molecule has 0 saturated carbocycles. The van der Waals surface area contributed by atoms with Crippen LogP contribution in [0.1, 0.15) is 23.1 Å². The Morgan fingerprint density at radius 1 is 1.40 bits per heavy atom. The molecule has 0 radical (unpaired) electrons. The summed E-state index contributed by atoms with van der Waals surface area (Å²) in [6.45, 7) is 4.50. The minimum absolute atomic E-state index is 0.376. The van der Waals surface area contributed by atoms with Crippen LogP contribution in [0.25, 0.3) is 11.0 Å². The van der Waals surface area contributed by atoms with Crippen LogP contribution in [0, 0.1) is 6.92 Å². The Kier molecular flexibility index (Phi) is 3.74. The molecular weight excluding hydrogens is 258 g/mol. The summed E-state index contributed by atoms with van der Waals surface area (Å²) >= 11 is 0. The summed E-state index contributed by atoms with van der Waals surface area (Å²) in [5.74, 6) is -0.331. The van der Waals surface area contributed by atoms with Crippen LogP contribution in [0.15, 0.2) is 18.2 Å². The van der Waals surface area contributed by atoms with E-state index in [1.165, 1.54) is 0 Å². The first-order chi connectivity index (χ1) is 9.45. The Morgan fingerprint density at radius 3 is 2.70 bits per heavy atom. The molecule has 1 amide bonds. The molecule has 0 spiro atoms. The molecule has 2 rings (SSSR count). The highest BCUT2D eigenvalue weighted by Gasteiger charge is 2.19. The van der Waals surface area contributed by atoms with Gasteiger partial charge in [0, 0.05) is 18.6 Å². The number of rotatable bonds is 4. The summed E-state index contributed by atoms with van der Waals surface area (Å²) in [6, 6.07) is 5.38. The van der Waals surface area contributed by atoms with Crippen LogP contribution in [0.3, 0.4) is 0 Å². The fourth-order valence-electron chi connectivity index (χ4n) is 2.35. The summed E-state index contributed by atoms with van der Waals surface area (Å²) in [5, 5.41) is 10.9. The van der Waals surface area contributed by atoms with Crippen molar-refractivity contribution in [3.05, 3.63) is 29.6 Å². The zero-order valence-corrected chi connectivity index (χ0v) is 11.8. The van der Waals surface area contributed by atoms with Gasteiger partial charge in [0.25, 0.3) is 11.7 Å². The molecule has 0 saturated heterocycles. The molecule has 1 aromatic heterocycles. The molecule has 2 aromatic rings. The Hall–Kier alpha value is -2.37.